The first kappa shape index (κ1) is 12.2. The van der Waals surface area contributed by atoms with Crippen LogP contribution >= 0.6 is 0 Å². The highest BCUT2D eigenvalue weighted by Gasteiger charge is 2.31. The molecule has 0 aliphatic heterocycles. The van der Waals surface area contributed by atoms with Crippen molar-refractivity contribution in [3.8, 4) is 16.9 Å². The van der Waals surface area contributed by atoms with Crippen molar-refractivity contribution in [2.75, 3.05) is 0 Å². The van der Waals surface area contributed by atoms with Gasteiger partial charge in [0.05, 0.1) is 0 Å². The van der Waals surface area contributed by atoms with Gasteiger partial charge in [-0.25, -0.2) is 0 Å². The number of benzene rings is 1. The molecule has 0 amide bonds. The van der Waals surface area contributed by atoms with Gasteiger partial charge in [-0.15, -0.1) is 13.2 Å². The quantitative estimate of drug-likeness (QED) is 0.896. The van der Waals surface area contributed by atoms with E-state index in [-0.39, 0.29) is 11.3 Å². The second-order valence-corrected chi connectivity index (χ2v) is 3.52. The Morgan fingerprint density at radius 1 is 1.06 bits per heavy atom. The lowest BCUT2D eigenvalue weighted by molar-refractivity contribution is -0.274. The Hall–Kier alpha value is -2.24. The molecule has 94 valence electrons. The van der Waals surface area contributed by atoms with Crippen LogP contribution in [-0.4, -0.2) is 11.3 Å². The molecule has 0 saturated heterocycles. The molecule has 2 aromatic rings. The number of hydrogen-bond acceptors (Lipinski definition) is 2. The first-order valence-electron chi connectivity index (χ1n) is 4.99. The summed E-state index contributed by atoms with van der Waals surface area (Å²) in [5.74, 6) is -0.300. The summed E-state index contributed by atoms with van der Waals surface area (Å²) >= 11 is 0. The van der Waals surface area contributed by atoms with E-state index < -0.39 is 6.36 Å². The summed E-state index contributed by atoms with van der Waals surface area (Å²) in [5, 5.41) is 0. The Kier molecular flexibility index (Phi) is 3.10. The average Bonchev–Trinajstić information content (AvgIpc) is 2.28. The van der Waals surface area contributed by atoms with E-state index in [0.29, 0.717) is 11.1 Å². The molecule has 0 aliphatic carbocycles. The minimum Gasteiger partial charge on any atom is -0.406 e. The lowest BCUT2D eigenvalue weighted by atomic mass is 10.1. The van der Waals surface area contributed by atoms with Crippen molar-refractivity contribution in [2.45, 2.75) is 6.36 Å². The molecule has 0 bridgehead atoms. The standard InChI is InChI=1S/C12H8F3NO2/c13-12(14,15)18-10-3-1-2-8(6-10)9-4-5-11(17)16-7-9/h1-7H,(H,16,17). The van der Waals surface area contributed by atoms with Crippen molar-refractivity contribution in [3.63, 3.8) is 0 Å². The molecule has 2 rings (SSSR count). The number of aromatic amines is 1. The maximum Gasteiger partial charge on any atom is 0.573 e. The molecule has 0 spiro atoms. The van der Waals surface area contributed by atoms with Gasteiger partial charge in [-0.1, -0.05) is 12.1 Å². The Morgan fingerprint density at radius 2 is 1.83 bits per heavy atom. The molecule has 0 atom stereocenters. The van der Waals surface area contributed by atoms with E-state index in [1.165, 1.54) is 36.5 Å². The molecule has 1 aromatic heterocycles. The van der Waals surface area contributed by atoms with Crippen molar-refractivity contribution in [3.05, 3.63) is 52.9 Å². The maximum atomic E-state index is 12.1. The molecule has 1 aromatic carbocycles. The lowest BCUT2D eigenvalue weighted by Crippen LogP contribution is -2.17. The Balaban J connectivity index is 2.32. The maximum absolute atomic E-state index is 12.1. The monoisotopic (exact) mass is 255 g/mol. The highest BCUT2D eigenvalue weighted by atomic mass is 19.4. The minimum atomic E-state index is -4.72. The second-order valence-electron chi connectivity index (χ2n) is 3.52. The van der Waals surface area contributed by atoms with Crippen LogP contribution in [0, 0.1) is 0 Å². The van der Waals surface area contributed by atoms with Gasteiger partial charge in [0.2, 0.25) is 5.56 Å². The van der Waals surface area contributed by atoms with Gasteiger partial charge in [0.15, 0.2) is 0 Å². The van der Waals surface area contributed by atoms with E-state index in [1.807, 2.05) is 0 Å². The molecule has 3 nitrogen and oxygen atoms in total. The van der Waals surface area contributed by atoms with Crippen molar-refractivity contribution in [1.29, 1.82) is 0 Å². The highest BCUT2D eigenvalue weighted by molar-refractivity contribution is 5.63. The Bertz CT molecular complexity index is 584. The molecule has 0 saturated carbocycles. The summed E-state index contributed by atoms with van der Waals surface area (Å²) in [5.41, 5.74) is 0.844. The summed E-state index contributed by atoms with van der Waals surface area (Å²) < 4.78 is 40.0. The summed E-state index contributed by atoms with van der Waals surface area (Å²) in [4.78, 5) is 13.3. The van der Waals surface area contributed by atoms with E-state index in [0.717, 1.165) is 0 Å². The van der Waals surface area contributed by atoms with Crippen LogP contribution in [-0.2, 0) is 0 Å². The zero-order valence-corrected chi connectivity index (χ0v) is 8.99. The Labute approximate surface area is 99.8 Å². The van der Waals surface area contributed by atoms with Gasteiger partial charge in [0.25, 0.3) is 0 Å². The van der Waals surface area contributed by atoms with Gasteiger partial charge in [-0.05, 0) is 29.3 Å². The van der Waals surface area contributed by atoms with Crippen LogP contribution in [0.2, 0.25) is 0 Å². The minimum absolute atomic E-state index is 0.276. The van der Waals surface area contributed by atoms with Crippen LogP contribution in [0.15, 0.2) is 47.4 Å². The molecule has 1 N–H and O–H groups in total. The topological polar surface area (TPSA) is 42.1 Å². The van der Waals surface area contributed by atoms with Gasteiger partial charge in [0, 0.05) is 12.3 Å². The molecule has 0 aliphatic rings. The molecular formula is C12H8F3NO2. The summed E-state index contributed by atoms with van der Waals surface area (Å²) in [6.07, 6.45) is -3.29. The van der Waals surface area contributed by atoms with Crippen LogP contribution in [0.4, 0.5) is 13.2 Å². The number of alkyl halides is 3. The number of nitrogens with one attached hydrogen (secondary N) is 1. The predicted octanol–water partition coefficient (Wildman–Crippen LogP) is 2.94. The zero-order chi connectivity index (χ0) is 13.2. The van der Waals surface area contributed by atoms with Gasteiger partial charge >= 0.3 is 6.36 Å². The fourth-order valence-corrected chi connectivity index (χ4v) is 1.46. The number of halogens is 3. The molecule has 6 heteroatoms. The Morgan fingerprint density at radius 3 is 2.44 bits per heavy atom. The summed E-state index contributed by atoms with van der Waals surface area (Å²) in [6, 6.07) is 8.35. The van der Waals surface area contributed by atoms with Crippen molar-refractivity contribution in [1.82, 2.24) is 4.98 Å². The predicted molar refractivity (Wildman–Crippen MR) is 59.2 cm³/mol. The fraction of sp³-hybridized carbons (Fsp3) is 0.0833. The third kappa shape index (κ3) is 3.13. The van der Waals surface area contributed by atoms with Gasteiger partial charge in [-0.3, -0.25) is 4.79 Å². The van der Waals surface area contributed by atoms with Gasteiger partial charge < -0.3 is 9.72 Å². The number of pyridine rings is 1. The van der Waals surface area contributed by atoms with E-state index in [1.54, 1.807) is 6.07 Å². The van der Waals surface area contributed by atoms with Crippen molar-refractivity contribution >= 4 is 0 Å². The molecule has 18 heavy (non-hydrogen) atoms. The normalized spacial score (nSPS) is 11.3. The first-order chi connectivity index (χ1) is 8.44. The average molecular weight is 255 g/mol. The largest absolute Gasteiger partial charge is 0.573 e. The molecule has 0 unspecified atom stereocenters. The second kappa shape index (κ2) is 4.56. The molecular weight excluding hydrogens is 247 g/mol. The first-order valence-corrected chi connectivity index (χ1v) is 4.99. The number of H-pyrrole nitrogens is 1. The molecule has 1 heterocycles. The summed E-state index contributed by atoms with van der Waals surface area (Å²) in [6.45, 7) is 0. The highest BCUT2D eigenvalue weighted by Crippen LogP contribution is 2.27. The van der Waals surface area contributed by atoms with Gasteiger partial charge in [-0.2, -0.15) is 0 Å². The van der Waals surface area contributed by atoms with Gasteiger partial charge in [0.1, 0.15) is 5.75 Å². The summed E-state index contributed by atoms with van der Waals surface area (Å²) in [7, 11) is 0. The third-order valence-electron chi connectivity index (χ3n) is 2.19. The fourth-order valence-electron chi connectivity index (χ4n) is 1.46. The molecule has 0 radical (unpaired) electrons. The SMILES string of the molecule is O=c1ccc(-c2cccc(OC(F)(F)F)c2)c[nH]1. The van der Waals surface area contributed by atoms with Crippen LogP contribution in [0.5, 0.6) is 5.75 Å². The smallest absolute Gasteiger partial charge is 0.406 e. The van der Waals surface area contributed by atoms with Crippen molar-refractivity contribution < 1.29 is 17.9 Å². The zero-order valence-electron chi connectivity index (χ0n) is 8.99. The number of aromatic nitrogens is 1. The van der Waals surface area contributed by atoms with Crippen LogP contribution in [0.25, 0.3) is 11.1 Å². The number of rotatable bonds is 2. The molecule has 0 fully saturated rings. The third-order valence-corrected chi connectivity index (χ3v) is 2.19. The number of hydrogen-bond donors (Lipinski definition) is 1. The van der Waals surface area contributed by atoms with E-state index in [9.17, 15) is 18.0 Å². The van der Waals surface area contributed by atoms with E-state index in [2.05, 4.69) is 9.72 Å². The number of ether oxygens (including phenoxy) is 1. The van der Waals surface area contributed by atoms with E-state index >= 15 is 0 Å². The van der Waals surface area contributed by atoms with Crippen LogP contribution < -0.4 is 10.3 Å². The van der Waals surface area contributed by atoms with Crippen LogP contribution in [0.1, 0.15) is 0 Å². The lowest BCUT2D eigenvalue weighted by Gasteiger charge is -2.09. The van der Waals surface area contributed by atoms with Crippen molar-refractivity contribution in [2.24, 2.45) is 0 Å². The van der Waals surface area contributed by atoms with Crippen LogP contribution in [0.3, 0.4) is 0 Å². The van der Waals surface area contributed by atoms with E-state index in [4.69, 9.17) is 0 Å².